The average molecular weight is 292 g/mol. The quantitative estimate of drug-likeness (QED) is 0.816. The first kappa shape index (κ1) is 14.4. The van der Waals surface area contributed by atoms with E-state index in [-0.39, 0.29) is 5.91 Å². The molecule has 0 spiro atoms. The normalized spacial score (nSPS) is 15.1. The Kier molecular flexibility index (Phi) is 3.72. The van der Waals surface area contributed by atoms with Gasteiger partial charge in [0.15, 0.2) is 0 Å². The SMILES string of the molecule is Cc1cccc2c1C(=CNc1ccc(C(C)C)cc1)C(=O)N2. The highest BCUT2D eigenvalue weighted by Crippen LogP contribution is 2.34. The molecule has 3 heteroatoms. The van der Waals surface area contributed by atoms with E-state index in [1.165, 1.54) is 5.56 Å². The maximum absolute atomic E-state index is 12.1. The van der Waals surface area contributed by atoms with Crippen molar-refractivity contribution in [2.75, 3.05) is 10.6 Å². The van der Waals surface area contributed by atoms with Crippen molar-refractivity contribution in [3.63, 3.8) is 0 Å². The fourth-order valence-electron chi connectivity index (χ4n) is 2.69. The van der Waals surface area contributed by atoms with Gasteiger partial charge in [-0.3, -0.25) is 4.79 Å². The van der Waals surface area contributed by atoms with Gasteiger partial charge in [0.2, 0.25) is 0 Å². The van der Waals surface area contributed by atoms with E-state index >= 15 is 0 Å². The molecule has 1 aliphatic heterocycles. The van der Waals surface area contributed by atoms with Gasteiger partial charge in [0.25, 0.3) is 5.91 Å². The number of carbonyl (C=O) groups excluding carboxylic acids is 1. The van der Waals surface area contributed by atoms with Gasteiger partial charge in [-0.25, -0.2) is 0 Å². The summed E-state index contributed by atoms with van der Waals surface area (Å²) in [5.41, 5.74) is 5.93. The minimum Gasteiger partial charge on any atom is -0.361 e. The summed E-state index contributed by atoms with van der Waals surface area (Å²) in [7, 11) is 0. The number of hydrogen-bond acceptors (Lipinski definition) is 2. The molecule has 112 valence electrons. The minimum absolute atomic E-state index is 0.0596. The van der Waals surface area contributed by atoms with Gasteiger partial charge < -0.3 is 10.6 Å². The summed E-state index contributed by atoms with van der Waals surface area (Å²) < 4.78 is 0. The van der Waals surface area contributed by atoms with Crippen molar-refractivity contribution in [3.8, 4) is 0 Å². The molecule has 0 aromatic heterocycles. The molecule has 0 fully saturated rings. The highest BCUT2D eigenvalue weighted by atomic mass is 16.2. The van der Waals surface area contributed by atoms with Crippen molar-refractivity contribution in [2.45, 2.75) is 26.7 Å². The van der Waals surface area contributed by atoms with Crippen LogP contribution in [0.1, 0.15) is 36.5 Å². The first-order chi connectivity index (χ1) is 10.6. The Labute approximate surface area is 131 Å². The molecular formula is C19H20N2O. The lowest BCUT2D eigenvalue weighted by atomic mass is 10.0. The van der Waals surface area contributed by atoms with E-state index in [4.69, 9.17) is 0 Å². The van der Waals surface area contributed by atoms with Crippen LogP contribution in [-0.4, -0.2) is 5.91 Å². The molecule has 2 aromatic carbocycles. The van der Waals surface area contributed by atoms with Crippen LogP contribution in [0.15, 0.2) is 48.7 Å². The zero-order valence-electron chi connectivity index (χ0n) is 13.1. The fraction of sp³-hybridized carbons (Fsp3) is 0.211. The Balaban J connectivity index is 1.86. The van der Waals surface area contributed by atoms with Crippen LogP contribution in [0.3, 0.4) is 0 Å². The zero-order chi connectivity index (χ0) is 15.7. The summed E-state index contributed by atoms with van der Waals surface area (Å²) in [6, 6.07) is 14.2. The summed E-state index contributed by atoms with van der Waals surface area (Å²) in [6.07, 6.45) is 1.79. The average Bonchev–Trinajstić information content (AvgIpc) is 2.82. The smallest absolute Gasteiger partial charge is 0.257 e. The molecule has 3 nitrogen and oxygen atoms in total. The van der Waals surface area contributed by atoms with Gasteiger partial charge in [-0.1, -0.05) is 38.1 Å². The Morgan fingerprint density at radius 1 is 1.09 bits per heavy atom. The summed E-state index contributed by atoms with van der Waals surface area (Å²) in [5, 5.41) is 6.13. The predicted molar refractivity (Wildman–Crippen MR) is 91.9 cm³/mol. The number of fused-ring (bicyclic) bond motifs is 1. The van der Waals surface area contributed by atoms with Crippen molar-refractivity contribution < 1.29 is 4.79 Å². The summed E-state index contributed by atoms with van der Waals surface area (Å²) >= 11 is 0. The first-order valence-corrected chi connectivity index (χ1v) is 7.54. The van der Waals surface area contributed by atoms with Gasteiger partial charge in [-0.2, -0.15) is 0 Å². The Morgan fingerprint density at radius 2 is 1.82 bits per heavy atom. The van der Waals surface area contributed by atoms with E-state index in [0.29, 0.717) is 11.5 Å². The topological polar surface area (TPSA) is 41.1 Å². The van der Waals surface area contributed by atoms with Gasteiger partial charge in [0, 0.05) is 23.1 Å². The van der Waals surface area contributed by atoms with Crippen molar-refractivity contribution in [3.05, 3.63) is 65.4 Å². The van der Waals surface area contributed by atoms with Gasteiger partial charge in [0.05, 0.1) is 5.57 Å². The van der Waals surface area contributed by atoms with Crippen LogP contribution >= 0.6 is 0 Å². The van der Waals surface area contributed by atoms with Crippen molar-refractivity contribution in [2.24, 2.45) is 0 Å². The van der Waals surface area contributed by atoms with E-state index in [1.807, 2.05) is 37.3 Å². The highest BCUT2D eigenvalue weighted by Gasteiger charge is 2.25. The second-order valence-corrected chi connectivity index (χ2v) is 5.93. The van der Waals surface area contributed by atoms with E-state index in [1.54, 1.807) is 6.20 Å². The van der Waals surface area contributed by atoms with Crippen LogP contribution in [0.5, 0.6) is 0 Å². The zero-order valence-corrected chi connectivity index (χ0v) is 13.1. The van der Waals surface area contributed by atoms with Crippen LogP contribution < -0.4 is 10.6 Å². The van der Waals surface area contributed by atoms with Gasteiger partial charge in [-0.15, -0.1) is 0 Å². The van der Waals surface area contributed by atoms with Gasteiger partial charge in [0.1, 0.15) is 0 Å². The van der Waals surface area contributed by atoms with E-state index in [9.17, 15) is 4.79 Å². The molecule has 0 atom stereocenters. The number of hydrogen-bond donors (Lipinski definition) is 2. The largest absolute Gasteiger partial charge is 0.361 e. The maximum atomic E-state index is 12.1. The maximum Gasteiger partial charge on any atom is 0.257 e. The third-order valence-electron chi connectivity index (χ3n) is 4.00. The number of anilines is 2. The molecule has 2 aromatic rings. The lowest BCUT2D eigenvalue weighted by molar-refractivity contribution is -0.110. The van der Waals surface area contributed by atoms with Crippen LogP contribution in [-0.2, 0) is 4.79 Å². The van der Waals surface area contributed by atoms with Crippen LogP contribution in [0.25, 0.3) is 5.57 Å². The number of carbonyl (C=O) groups is 1. The monoisotopic (exact) mass is 292 g/mol. The molecule has 0 unspecified atom stereocenters. The fourth-order valence-corrected chi connectivity index (χ4v) is 2.69. The Hall–Kier alpha value is -2.55. The third-order valence-corrected chi connectivity index (χ3v) is 4.00. The van der Waals surface area contributed by atoms with Crippen molar-refractivity contribution in [1.82, 2.24) is 0 Å². The second kappa shape index (κ2) is 5.68. The Morgan fingerprint density at radius 3 is 2.50 bits per heavy atom. The third kappa shape index (κ3) is 2.62. The minimum atomic E-state index is -0.0596. The standard InChI is InChI=1S/C19H20N2O/c1-12(2)14-7-9-15(10-8-14)20-11-16-18-13(3)5-4-6-17(18)21-19(16)22/h4-12,20H,1-3H3,(H,21,22). The molecule has 1 aliphatic rings. The second-order valence-electron chi connectivity index (χ2n) is 5.93. The lowest BCUT2D eigenvalue weighted by Gasteiger charge is -2.08. The van der Waals surface area contributed by atoms with E-state index in [0.717, 1.165) is 22.5 Å². The number of rotatable bonds is 3. The van der Waals surface area contributed by atoms with Gasteiger partial charge >= 0.3 is 0 Å². The first-order valence-electron chi connectivity index (χ1n) is 7.54. The summed E-state index contributed by atoms with van der Waals surface area (Å²) in [5.74, 6) is 0.457. The summed E-state index contributed by atoms with van der Waals surface area (Å²) in [6.45, 7) is 6.37. The van der Waals surface area contributed by atoms with E-state index in [2.05, 4.69) is 36.6 Å². The molecule has 0 bridgehead atoms. The molecule has 3 rings (SSSR count). The molecule has 1 amide bonds. The van der Waals surface area contributed by atoms with Gasteiger partial charge in [-0.05, 0) is 42.2 Å². The molecule has 0 aliphatic carbocycles. The molecule has 0 saturated carbocycles. The highest BCUT2D eigenvalue weighted by molar-refractivity contribution is 6.32. The van der Waals surface area contributed by atoms with E-state index < -0.39 is 0 Å². The molecule has 0 radical (unpaired) electrons. The number of amides is 1. The molecule has 22 heavy (non-hydrogen) atoms. The Bertz CT molecular complexity index is 743. The number of nitrogens with one attached hydrogen (secondary N) is 2. The predicted octanol–water partition coefficient (Wildman–Crippen LogP) is 4.52. The number of aryl methyl sites for hydroxylation is 1. The van der Waals surface area contributed by atoms with Crippen LogP contribution in [0.4, 0.5) is 11.4 Å². The van der Waals surface area contributed by atoms with Crippen LogP contribution in [0.2, 0.25) is 0 Å². The van der Waals surface area contributed by atoms with Crippen molar-refractivity contribution in [1.29, 1.82) is 0 Å². The number of benzene rings is 2. The molecule has 0 saturated heterocycles. The lowest BCUT2D eigenvalue weighted by Crippen LogP contribution is -2.05. The molecule has 1 heterocycles. The van der Waals surface area contributed by atoms with Crippen molar-refractivity contribution >= 4 is 22.9 Å². The molecular weight excluding hydrogens is 272 g/mol. The summed E-state index contributed by atoms with van der Waals surface area (Å²) in [4.78, 5) is 12.1. The van der Waals surface area contributed by atoms with Crippen LogP contribution in [0, 0.1) is 6.92 Å². The molecule has 2 N–H and O–H groups in total.